The summed E-state index contributed by atoms with van der Waals surface area (Å²) in [5.74, 6) is -0.125. The molecule has 2 aromatic heterocycles. The molecule has 9 heteroatoms. The first-order valence-electron chi connectivity index (χ1n) is 9.52. The van der Waals surface area contributed by atoms with E-state index in [1.807, 2.05) is 66.4 Å². The van der Waals surface area contributed by atoms with E-state index in [1.165, 1.54) is 40.0 Å². The van der Waals surface area contributed by atoms with Gasteiger partial charge in [0.2, 0.25) is 5.91 Å². The minimum atomic E-state index is -0.253. The molecule has 0 bridgehead atoms. The molecule has 0 spiro atoms. The third-order valence-electron chi connectivity index (χ3n) is 4.46. The van der Waals surface area contributed by atoms with Crippen molar-refractivity contribution >= 4 is 61.6 Å². The second kappa shape index (κ2) is 9.59. The van der Waals surface area contributed by atoms with E-state index in [-0.39, 0.29) is 23.3 Å². The van der Waals surface area contributed by atoms with E-state index in [0.717, 1.165) is 21.5 Å². The molecule has 2 aromatic carbocycles. The second-order valence-corrected chi connectivity index (χ2v) is 9.72. The molecule has 2 amide bonds. The van der Waals surface area contributed by atoms with Gasteiger partial charge in [-0.05, 0) is 24.6 Å². The molecule has 0 aliphatic heterocycles. The SMILES string of the molecule is Cc1ccc2c(c1)sc(=NC(=O)CSCC(=O)Nc1nc(-c3ccccc3)cs1)n2C. The van der Waals surface area contributed by atoms with Gasteiger partial charge < -0.3 is 9.88 Å². The predicted octanol–water partition coefficient (Wildman–Crippen LogP) is 4.47. The van der Waals surface area contributed by atoms with Gasteiger partial charge >= 0.3 is 0 Å². The summed E-state index contributed by atoms with van der Waals surface area (Å²) in [5, 5.41) is 5.25. The van der Waals surface area contributed by atoms with Gasteiger partial charge in [0.15, 0.2) is 9.93 Å². The Balaban J connectivity index is 1.31. The van der Waals surface area contributed by atoms with Crippen molar-refractivity contribution in [2.75, 3.05) is 16.8 Å². The summed E-state index contributed by atoms with van der Waals surface area (Å²) in [6.45, 7) is 2.04. The lowest BCUT2D eigenvalue weighted by molar-refractivity contribution is -0.115. The van der Waals surface area contributed by atoms with E-state index in [9.17, 15) is 9.59 Å². The first-order chi connectivity index (χ1) is 15.0. The van der Waals surface area contributed by atoms with Gasteiger partial charge in [-0.1, -0.05) is 47.7 Å². The molecule has 4 rings (SSSR count). The molecule has 158 valence electrons. The van der Waals surface area contributed by atoms with Crippen LogP contribution in [0.2, 0.25) is 0 Å². The van der Waals surface area contributed by atoms with Crippen LogP contribution in [0.3, 0.4) is 0 Å². The van der Waals surface area contributed by atoms with E-state index < -0.39 is 0 Å². The number of hydrogen-bond donors (Lipinski definition) is 1. The van der Waals surface area contributed by atoms with Gasteiger partial charge in [0.1, 0.15) is 0 Å². The number of hydrogen-bond acceptors (Lipinski definition) is 6. The van der Waals surface area contributed by atoms with Crippen LogP contribution >= 0.6 is 34.4 Å². The molecule has 0 atom stereocenters. The largest absolute Gasteiger partial charge is 0.319 e. The number of amides is 2. The second-order valence-electron chi connectivity index (χ2n) is 6.87. The zero-order valence-corrected chi connectivity index (χ0v) is 19.4. The number of rotatable bonds is 6. The van der Waals surface area contributed by atoms with Gasteiger partial charge in [0.25, 0.3) is 5.91 Å². The molecule has 0 saturated carbocycles. The predicted molar refractivity (Wildman–Crippen MR) is 130 cm³/mol. The Morgan fingerprint density at radius 2 is 1.97 bits per heavy atom. The van der Waals surface area contributed by atoms with E-state index in [1.54, 1.807) is 0 Å². The van der Waals surface area contributed by atoms with Crippen molar-refractivity contribution < 1.29 is 9.59 Å². The lowest BCUT2D eigenvalue weighted by atomic mass is 10.2. The number of fused-ring (bicyclic) bond motifs is 1. The third-order valence-corrected chi connectivity index (χ3v) is 7.23. The summed E-state index contributed by atoms with van der Waals surface area (Å²) >= 11 is 4.11. The van der Waals surface area contributed by atoms with Gasteiger partial charge in [0.05, 0.1) is 27.4 Å². The minimum absolute atomic E-state index is 0.147. The summed E-state index contributed by atoms with van der Waals surface area (Å²) in [6.07, 6.45) is 0. The first kappa shape index (κ1) is 21.5. The van der Waals surface area contributed by atoms with Gasteiger partial charge in [-0.15, -0.1) is 23.1 Å². The van der Waals surface area contributed by atoms with Crippen LogP contribution in [0.4, 0.5) is 5.13 Å². The highest BCUT2D eigenvalue weighted by atomic mass is 32.2. The lowest BCUT2D eigenvalue weighted by Gasteiger charge is -2.00. The Morgan fingerprint density at radius 3 is 2.77 bits per heavy atom. The molecule has 0 unspecified atom stereocenters. The number of nitrogens with zero attached hydrogens (tertiary/aromatic N) is 3. The average Bonchev–Trinajstić information content (AvgIpc) is 3.33. The molecule has 6 nitrogen and oxygen atoms in total. The lowest BCUT2D eigenvalue weighted by Crippen LogP contribution is -2.17. The first-order valence-corrected chi connectivity index (χ1v) is 12.4. The molecule has 0 aliphatic rings. The standard InChI is InChI=1S/C22H20N4O2S3/c1-14-8-9-17-18(10-14)31-22(26(17)2)25-20(28)13-29-12-19(27)24-21-23-16(11-30-21)15-6-4-3-5-7-15/h3-11H,12-13H2,1-2H3,(H,23,24,27). The normalized spacial score (nSPS) is 11.7. The molecule has 0 radical (unpaired) electrons. The molecule has 0 saturated heterocycles. The fraction of sp³-hybridized carbons (Fsp3) is 0.182. The number of carbonyl (C=O) groups excluding carboxylic acids is 2. The number of thioether (sulfide) groups is 1. The maximum Gasteiger partial charge on any atom is 0.258 e. The maximum atomic E-state index is 12.3. The molecular weight excluding hydrogens is 448 g/mol. The number of anilines is 1. The van der Waals surface area contributed by atoms with Crippen LogP contribution in [0.1, 0.15) is 5.56 Å². The average molecular weight is 469 g/mol. The maximum absolute atomic E-state index is 12.3. The van der Waals surface area contributed by atoms with Crippen LogP contribution in [-0.4, -0.2) is 32.9 Å². The highest BCUT2D eigenvalue weighted by molar-refractivity contribution is 8.00. The Labute approximate surface area is 191 Å². The van der Waals surface area contributed by atoms with Crippen molar-refractivity contribution in [1.29, 1.82) is 0 Å². The number of carbonyl (C=O) groups is 2. The van der Waals surface area contributed by atoms with Crippen LogP contribution in [-0.2, 0) is 16.6 Å². The van der Waals surface area contributed by atoms with E-state index in [0.29, 0.717) is 9.93 Å². The fourth-order valence-electron chi connectivity index (χ4n) is 2.95. The zero-order valence-electron chi connectivity index (χ0n) is 17.0. The fourth-order valence-corrected chi connectivity index (χ4v) is 5.41. The molecule has 4 aromatic rings. The number of thiazole rings is 2. The Kier molecular flexibility index (Phi) is 6.64. The van der Waals surface area contributed by atoms with Gasteiger partial charge in [-0.3, -0.25) is 9.59 Å². The van der Waals surface area contributed by atoms with Crippen LogP contribution in [0, 0.1) is 6.92 Å². The number of nitrogens with one attached hydrogen (secondary N) is 1. The molecule has 2 heterocycles. The molecular formula is C22H20N4O2S3. The Hall–Kier alpha value is -2.75. The highest BCUT2D eigenvalue weighted by Crippen LogP contribution is 2.24. The van der Waals surface area contributed by atoms with Crippen LogP contribution in [0.15, 0.2) is 58.9 Å². The number of aromatic nitrogens is 2. The van der Waals surface area contributed by atoms with Crippen molar-refractivity contribution in [3.05, 3.63) is 64.3 Å². The molecule has 31 heavy (non-hydrogen) atoms. The smallest absolute Gasteiger partial charge is 0.258 e. The quantitative estimate of drug-likeness (QED) is 0.453. The number of benzene rings is 2. The van der Waals surface area contributed by atoms with Gasteiger partial charge in [-0.2, -0.15) is 4.99 Å². The van der Waals surface area contributed by atoms with E-state index >= 15 is 0 Å². The summed E-state index contributed by atoms with van der Waals surface area (Å²) in [5.41, 5.74) is 4.05. The number of aryl methyl sites for hydroxylation is 2. The van der Waals surface area contributed by atoms with E-state index in [2.05, 4.69) is 21.4 Å². The Bertz CT molecular complexity index is 1310. The Morgan fingerprint density at radius 1 is 1.16 bits per heavy atom. The van der Waals surface area contributed by atoms with Crippen LogP contribution in [0.5, 0.6) is 0 Å². The van der Waals surface area contributed by atoms with Crippen molar-refractivity contribution in [3.8, 4) is 11.3 Å². The van der Waals surface area contributed by atoms with E-state index in [4.69, 9.17) is 0 Å². The van der Waals surface area contributed by atoms with Crippen molar-refractivity contribution in [1.82, 2.24) is 9.55 Å². The van der Waals surface area contributed by atoms with Crippen LogP contribution < -0.4 is 10.1 Å². The minimum Gasteiger partial charge on any atom is -0.319 e. The van der Waals surface area contributed by atoms with Gasteiger partial charge in [0, 0.05) is 18.0 Å². The third kappa shape index (κ3) is 5.30. The van der Waals surface area contributed by atoms with Crippen molar-refractivity contribution in [2.45, 2.75) is 6.92 Å². The van der Waals surface area contributed by atoms with Crippen LogP contribution in [0.25, 0.3) is 21.5 Å². The molecule has 1 N–H and O–H groups in total. The topological polar surface area (TPSA) is 76.3 Å². The highest BCUT2D eigenvalue weighted by Gasteiger charge is 2.10. The monoisotopic (exact) mass is 468 g/mol. The van der Waals surface area contributed by atoms with Crippen molar-refractivity contribution in [2.24, 2.45) is 12.0 Å². The van der Waals surface area contributed by atoms with Crippen molar-refractivity contribution in [3.63, 3.8) is 0 Å². The molecule has 0 fully saturated rings. The molecule has 0 aliphatic carbocycles. The summed E-state index contributed by atoms with van der Waals surface area (Å²) in [6, 6.07) is 16.0. The zero-order chi connectivity index (χ0) is 21.8. The summed E-state index contributed by atoms with van der Waals surface area (Å²) < 4.78 is 3.01. The summed E-state index contributed by atoms with van der Waals surface area (Å²) in [7, 11) is 1.90. The van der Waals surface area contributed by atoms with Gasteiger partial charge in [-0.25, -0.2) is 4.98 Å². The summed E-state index contributed by atoms with van der Waals surface area (Å²) in [4.78, 5) is 33.8.